The summed E-state index contributed by atoms with van der Waals surface area (Å²) in [6.07, 6.45) is 5.71. The number of nitrogens with one attached hydrogen (secondary N) is 1. The lowest BCUT2D eigenvalue weighted by Crippen LogP contribution is -2.04. The van der Waals surface area contributed by atoms with Crippen molar-refractivity contribution in [3.63, 3.8) is 0 Å². The lowest BCUT2D eigenvalue weighted by Gasteiger charge is -2.08. The maximum Gasteiger partial charge on any atom is 0.257 e. The predicted octanol–water partition coefficient (Wildman–Crippen LogP) is 4.11. The van der Waals surface area contributed by atoms with Crippen LogP contribution in [0, 0.1) is 0 Å². The number of anilines is 1. The van der Waals surface area contributed by atoms with Crippen molar-refractivity contribution in [3.05, 3.63) is 78.6 Å². The number of carbonyl (C=O) groups is 1. The van der Waals surface area contributed by atoms with Crippen molar-refractivity contribution in [2.45, 2.75) is 0 Å². The Morgan fingerprint density at radius 3 is 2.41 bits per heavy atom. The smallest absolute Gasteiger partial charge is 0.257 e. The summed E-state index contributed by atoms with van der Waals surface area (Å²) >= 11 is 0. The second-order valence-electron chi connectivity index (χ2n) is 5.22. The van der Waals surface area contributed by atoms with Gasteiger partial charge in [-0.3, -0.25) is 4.79 Å². The van der Waals surface area contributed by atoms with E-state index in [-0.39, 0.29) is 5.91 Å². The Kier molecular flexibility index (Phi) is 2.90. The molecule has 2 heterocycles. The van der Waals surface area contributed by atoms with Crippen molar-refractivity contribution in [1.82, 2.24) is 4.57 Å². The van der Waals surface area contributed by atoms with Crippen LogP contribution < -0.4 is 5.32 Å². The maximum atomic E-state index is 12.3. The summed E-state index contributed by atoms with van der Waals surface area (Å²) in [4.78, 5) is 12.3. The van der Waals surface area contributed by atoms with Crippen LogP contribution in [-0.4, -0.2) is 10.5 Å². The first kappa shape index (κ1) is 12.7. The number of fused-ring (bicyclic) bond motifs is 1. The van der Waals surface area contributed by atoms with E-state index < -0.39 is 0 Å². The zero-order valence-corrected chi connectivity index (χ0v) is 11.9. The van der Waals surface area contributed by atoms with Gasteiger partial charge in [-0.25, -0.2) is 0 Å². The SMILES string of the molecule is O=C1Nc2cccc(-c3ccccc3)c2C1=Cn1cccc1. The minimum absolute atomic E-state index is 0.0629. The number of rotatable bonds is 2. The molecule has 0 atom stereocenters. The molecule has 1 N–H and O–H groups in total. The average Bonchev–Trinajstić information content (AvgIpc) is 3.17. The summed E-state index contributed by atoms with van der Waals surface area (Å²) in [5, 5.41) is 2.95. The zero-order valence-electron chi connectivity index (χ0n) is 11.9. The van der Waals surface area contributed by atoms with Crippen molar-refractivity contribution >= 4 is 23.4 Å². The van der Waals surface area contributed by atoms with Crippen LogP contribution in [0.15, 0.2) is 73.1 Å². The molecule has 0 unspecified atom stereocenters. The molecule has 4 rings (SSSR count). The van der Waals surface area contributed by atoms with Crippen molar-refractivity contribution < 1.29 is 4.79 Å². The largest absolute Gasteiger partial charge is 0.330 e. The molecule has 0 spiro atoms. The Morgan fingerprint density at radius 1 is 0.864 bits per heavy atom. The molecule has 0 saturated carbocycles. The van der Waals surface area contributed by atoms with E-state index in [9.17, 15) is 4.79 Å². The van der Waals surface area contributed by atoms with Gasteiger partial charge in [0.25, 0.3) is 5.91 Å². The molecule has 0 aliphatic carbocycles. The van der Waals surface area contributed by atoms with Gasteiger partial charge in [-0.15, -0.1) is 0 Å². The number of benzene rings is 2. The normalized spacial score (nSPS) is 14.9. The average molecular weight is 286 g/mol. The van der Waals surface area contributed by atoms with Gasteiger partial charge in [0.2, 0.25) is 0 Å². The molecule has 0 fully saturated rings. The molecule has 22 heavy (non-hydrogen) atoms. The standard InChI is InChI=1S/C19H14N2O/c22-19-16(13-21-11-4-5-12-21)18-15(9-6-10-17(18)20-19)14-7-2-1-3-8-14/h1-13H,(H,20,22). The van der Waals surface area contributed by atoms with Crippen LogP contribution in [0.2, 0.25) is 0 Å². The van der Waals surface area contributed by atoms with E-state index >= 15 is 0 Å². The fourth-order valence-electron chi connectivity index (χ4n) is 2.81. The fourth-order valence-corrected chi connectivity index (χ4v) is 2.81. The van der Waals surface area contributed by atoms with Crippen molar-refractivity contribution in [1.29, 1.82) is 0 Å². The van der Waals surface area contributed by atoms with Gasteiger partial charge in [0.15, 0.2) is 0 Å². The summed E-state index contributed by atoms with van der Waals surface area (Å²) in [7, 11) is 0. The van der Waals surface area contributed by atoms with E-state index in [1.807, 2.05) is 65.6 Å². The summed E-state index contributed by atoms with van der Waals surface area (Å²) in [6, 6.07) is 20.0. The molecule has 1 aliphatic rings. The number of aromatic nitrogens is 1. The van der Waals surface area contributed by atoms with Crippen molar-refractivity contribution in [3.8, 4) is 11.1 Å². The highest BCUT2D eigenvalue weighted by molar-refractivity contribution is 6.35. The van der Waals surface area contributed by atoms with Gasteiger partial charge in [0, 0.05) is 29.8 Å². The van der Waals surface area contributed by atoms with Gasteiger partial charge in [-0.2, -0.15) is 0 Å². The van der Waals surface area contributed by atoms with Gasteiger partial charge in [0.05, 0.1) is 5.57 Å². The van der Waals surface area contributed by atoms with Crippen LogP contribution in [0.5, 0.6) is 0 Å². The van der Waals surface area contributed by atoms with E-state index in [0.29, 0.717) is 5.57 Å². The van der Waals surface area contributed by atoms with Crippen LogP contribution in [0.25, 0.3) is 22.9 Å². The summed E-state index contributed by atoms with van der Waals surface area (Å²) in [5.74, 6) is -0.0629. The van der Waals surface area contributed by atoms with Gasteiger partial charge < -0.3 is 9.88 Å². The third-order valence-electron chi connectivity index (χ3n) is 3.82. The van der Waals surface area contributed by atoms with E-state index in [4.69, 9.17) is 0 Å². The predicted molar refractivity (Wildman–Crippen MR) is 89.1 cm³/mol. The third-order valence-corrected chi connectivity index (χ3v) is 3.82. The van der Waals surface area contributed by atoms with Crippen LogP contribution in [0.4, 0.5) is 5.69 Å². The van der Waals surface area contributed by atoms with Gasteiger partial charge in [0.1, 0.15) is 0 Å². The number of hydrogen-bond donors (Lipinski definition) is 1. The van der Waals surface area contributed by atoms with E-state index in [0.717, 1.165) is 22.4 Å². The number of nitrogens with zero attached hydrogens (tertiary/aromatic N) is 1. The Balaban J connectivity index is 1.93. The molecule has 0 bridgehead atoms. The van der Waals surface area contributed by atoms with Crippen LogP contribution in [-0.2, 0) is 4.79 Å². The fraction of sp³-hybridized carbons (Fsp3) is 0. The quantitative estimate of drug-likeness (QED) is 0.707. The van der Waals surface area contributed by atoms with Gasteiger partial charge in [-0.1, -0.05) is 42.5 Å². The lowest BCUT2D eigenvalue weighted by molar-refractivity contribution is -0.110. The molecule has 2 aromatic carbocycles. The van der Waals surface area contributed by atoms with E-state index in [1.165, 1.54) is 0 Å². The minimum Gasteiger partial charge on any atom is -0.330 e. The summed E-state index contributed by atoms with van der Waals surface area (Å²) < 4.78 is 1.89. The second-order valence-corrected chi connectivity index (χ2v) is 5.22. The van der Waals surface area contributed by atoms with E-state index in [2.05, 4.69) is 23.5 Å². The minimum atomic E-state index is -0.0629. The number of carbonyl (C=O) groups excluding carboxylic acids is 1. The van der Waals surface area contributed by atoms with E-state index in [1.54, 1.807) is 0 Å². The van der Waals surface area contributed by atoms with Crippen LogP contribution in [0.3, 0.4) is 0 Å². The molecule has 1 amide bonds. The molecule has 1 aliphatic heterocycles. The highest BCUT2D eigenvalue weighted by Gasteiger charge is 2.27. The highest BCUT2D eigenvalue weighted by atomic mass is 16.2. The first-order valence-corrected chi connectivity index (χ1v) is 7.17. The maximum absolute atomic E-state index is 12.3. The van der Waals surface area contributed by atoms with Gasteiger partial charge in [-0.05, 0) is 29.3 Å². The zero-order chi connectivity index (χ0) is 14.9. The van der Waals surface area contributed by atoms with Crippen LogP contribution >= 0.6 is 0 Å². The first-order valence-electron chi connectivity index (χ1n) is 7.17. The molecule has 0 saturated heterocycles. The van der Waals surface area contributed by atoms with Crippen LogP contribution in [0.1, 0.15) is 5.56 Å². The summed E-state index contributed by atoms with van der Waals surface area (Å²) in [5.41, 5.74) is 4.69. The van der Waals surface area contributed by atoms with Crippen molar-refractivity contribution in [2.75, 3.05) is 5.32 Å². The first-order chi connectivity index (χ1) is 10.8. The summed E-state index contributed by atoms with van der Waals surface area (Å²) in [6.45, 7) is 0. The lowest BCUT2D eigenvalue weighted by atomic mass is 9.95. The molecule has 3 nitrogen and oxygen atoms in total. The van der Waals surface area contributed by atoms with Crippen molar-refractivity contribution in [2.24, 2.45) is 0 Å². The van der Waals surface area contributed by atoms with Gasteiger partial charge >= 0.3 is 0 Å². The third kappa shape index (κ3) is 2.04. The number of hydrogen-bond acceptors (Lipinski definition) is 1. The molecular formula is C19H14N2O. The topological polar surface area (TPSA) is 34.0 Å². The Morgan fingerprint density at radius 2 is 1.64 bits per heavy atom. The molecular weight excluding hydrogens is 272 g/mol. The molecule has 0 radical (unpaired) electrons. The molecule has 3 aromatic rings. The molecule has 1 aromatic heterocycles. The molecule has 3 heteroatoms. The monoisotopic (exact) mass is 286 g/mol. The highest BCUT2D eigenvalue weighted by Crippen LogP contribution is 2.39. The molecule has 106 valence electrons. The number of amides is 1. The Bertz CT molecular complexity index is 862. The second kappa shape index (κ2) is 5.04. The Labute approximate surface area is 128 Å². The Hall–Kier alpha value is -3.07.